The molecule has 0 aliphatic rings. The zero-order valence-corrected chi connectivity index (χ0v) is 15.5. The Labute approximate surface area is 145 Å². The van der Waals surface area contributed by atoms with Crippen molar-refractivity contribution in [2.24, 2.45) is 5.41 Å². The molecule has 26 heavy (non-hydrogen) atoms. The number of alkyl halides is 9. The van der Waals surface area contributed by atoms with Crippen molar-refractivity contribution in [2.45, 2.75) is 44.0 Å². The molecule has 0 aromatic carbocycles. The number of rotatable bonds is 4. The first-order chi connectivity index (χ1) is 10.7. The Morgan fingerprint density at radius 3 is 1.19 bits per heavy atom. The van der Waals surface area contributed by atoms with Gasteiger partial charge in [0.2, 0.25) is 0 Å². The summed E-state index contributed by atoms with van der Waals surface area (Å²) in [6, 6.07) is 0. The Bertz CT molecular complexity index is 560. The van der Waals surface area contributed by atoms with Gasteiger partial charge in [-0.3, -0.25) is 0 Å². The van der Waals surface area contributed by atoms with E-state index < -0.39 is 33.4 Å². The van der Waals surface area contributed by atoms with Crippen LogP contribution in [-0.2, 0) is 10.1 Å². The highest BCUT2D eigenvalue weighted by molar-refractivity contribution is 7.86. The lowest BCUT2D eigenvalue weighted by Crippen LogP contribution is -2.63. The van der Waals surface area contributed by atoms with Gasteiger partial charge in [-0.25, -0.2) is 8.42 Å². The molecule has 0 aromatic rings. The molecule has 0 saturated carbocycles. The first kappa shape index (κ1) is 27.5. The molecule has 0 bridgehead atoms. The SMILES string of the molecule is CC(C)(C)C[N+](C)(C)C.O=S(=O)([O-])C(F)(F)C(F)(F)C(F)(F)C(F)(F)F. The Morgan fingerprint density at radius 2 is 1.08 bits per heavy atom. The number of hydrogen-bond acceptors (Lipinski definition) is 3. The van der Waals surface area contributed by atoms with E-state index in [1.807, 2.05) is 0 Å². The topological polar surface area (TPSA) is 57.2 Å². The second-order valence-corrected chi connectivity index (χ2v) is 9.05. The van der Waals surface area contributed by atoms with Crippen LogP contribution in [0, 0.1) is 5.41 Å². The predicted octanol–water partition coefficient (Wildman–Crippen LogP) is 3.70. The average Bonchev–Trinajstić information content (AvgIpc) is 2.20. The van der Waals surface area contributed by atoms with E-state index in [0.717, 1.165) is 4.48 Å². The minimum atomic E-state index is -7.43. The van der Waals surface area contributed by atoms with Crippen LogP contribution >= 0.6 is 0 Å². The van der Waals surface area contributed by atoms with Gasteiger partial charge in [-0.1, -0.05) is 20.8 Å². The molecule has 0 aromatic heterocycles. The fraction of sp³-hybridized carbons (Fsp3) is 1.00. The third-order valence-electron chi connectivity index (χ3n) is 2.38. The third kappa shape index (κ3) is 6.76. The van der Waals surface area contributed by atoms with Gasteiger partial charge in [0, 0.05) is 5.41 Å². The van der Waals surface area contributed by atoms with Crippen LogP contribution in [0.3, 0.4) is 0 Å². The molecule has 0 aliphatic heterocycles. The summed E-state index contributed by atoms with van der Waals surface area (Å²) in [7, 11) is -0.735. The minimum absolute atomic E-state index is 0.457. The first-order valence-corrected chi connectivity index (χ1v) is 8.07. The van der Waals surface area contributed by atoms with Gasteiger partial charge in [-0.2, -0.15) is 39.5 Å². The second kappa shape index (κ2) is 7.34. The largest absolute Gasteiger partial charge is 0.743 e. The normalized spacial score (nSPS) is 15.4. The van der Waals surface area contributed by atoms with Gasteiger partial charge in [0.05, 0.1) is 27.7 Å². The van der Waals surface area contributed by atoms with Gasteiger partial charge in [0.25, 0.3) is 0 Å². The summed E-state index contributed by atoms with van der Waals surface area (Å²) >= 11 is 0. The van der Waals surface area contributed by atoms with E-state index in [2.05, 4.69) is 41.9 Å². The maximum absolute atomic E-state index is 12.2. The molecular weight excluding hydrogens is 409 g/mol. The van der Waals surface area contributed by atoms with Gasteiger partial charge in [0.15, 0.2) is 10.1 Å². The minimum Gasteiger partial charge on any atom is -0.743 e. The smallest absolute Gasteiger partial charge is 0.460 e. The van der Waals surface area contributed by atoms with E-state index in [4.69, 9.17) is 0 Å². The molecule has 0 saturated heterocycles. The molecule has 0 fully saturated rings. The van der Waals surface area contributed by atoms with Gasteiger partial charge in [0.1, 0.15) is 0 Å². The fourth-order valence-corrected chi connectivity index (χ4v) is 2.38. The highest BCUT2D eigenvalue weighted by Crippen LogP contribution is 2.54. The van der Waals surface area contributed by atoms with Gasteiger partial charge >= 0.3 is 23.3 Å². The highest BCUT2D eigenvalue weighted by atomic mass is 32.2. The monoisotopic (exact) mass is 429 g/mol. The van der Waals surface area contributed by atoms with Crippen LogP contribution in [0.2, 0.25) is 0 Å². The lowest BCUT2D eigenvalue weighted by Gasteiger charge is -2.34. The first-order valence-electron chi connectivity index (χ1n) is 6.67. The van der Waals surface area contributed by atoms with Crippen molar-refractivity contribution in [3.05, 3.63) is 0 Å². The molecule has 0 amide bonds. The third-order valence-corrected chi connectivity index (χ3v) is 3.26. The molecule has 0 rings (SSSR count). The molecule has 0 aliphatic carbocycles. The summed E-state index contributed by atoms with van der Waals surface area (Å²) in [5, 5.41) is -7.11. The van der Waals surface area contributed by atoms with Crippen molar-refractivity contribution >= 4 is 10.1 Å². The molecule has 4 nitrogen and oxygen atoms in total. The maximum Gasteiger partial charge on any atom is 0.460 e. The van der Waals surface area contributed by atoms with Crippen LogP contribution in [0.25, 0.3) is 0 Å². The number of halogens is 9. The van der Waals surface area contributed by atoms with Gasteiger partial charge in [-0.15, -0.1) is 0 Å². The van der Waals surface area contributed by atoms with Crippen LogP contribution in [0.5, 0.6) is 0 Å². The standard InChI is InChI=1S/C8H20N.C4HF9O3S/c1-8(2,3)7-9(4,5)6;5-1(6,3(9,10)11)2(7,8)4(12,13)17(14,15)16/h7H2,1-6H3;(H,14,15,16)/q+1;/p-1. The van der Waals surface area contributed by atoms with Crippen LogP contribution in [0.1, 0.15) is 20.8 Å². The maximum atomic E-state index is 12.2. The van der Waals surface area contributed by atoms with Crippen molar-refractivity contribution < 1.29 is 57.0 Å². The fourth-order valence-electron chi connectivity index (χ4n) is 1.94. The molecule has 0 heterocycles. The predicted molar refractivity (Wildman–Crippen MR) is 72.9 cm³/mol. The molecule has 0 atom stereocenters. The number of nitrogens with zero attached hydrogens (tertiary/aromatic N) is 1. The van der Waals surface area contributed by atoms with E-state index in [9.17, 15) is 52.5 Å². The molecule has 0 unspecified atom stereocenters. The van der Waals surface area contributed by atoms with Crippen LogP contribution in [0.4, 0.5) is 39.5 Å². The summed E-state index contributed by atoms with van der Waals surface area (Å²) in [5.74, 6) is -14.8. The second-order valence-electron chi connectivity index (χ2n) is 7.63. The summed E-state index contributed by atoms with van der Waals surface area (Å²) in [5.41, 5.74) is 0.457. The molecule has 0 spiro atoms. The molecule has 14 heteroatoms. The Hall–Kier alpha value is -0.760. The van der Waals surface area contributed by atoms with Crippen molar-refractivity contribution in [1.82, 2.24) is 0 Å². The van der Waals surface area contributed by atoms with Crippen molar-refractivity contribution in [1.29, 1.82) is 0 Å². The quantitative estimate of drug-likeness (QED) is 0.389. The van der Waals surface area contributed by atoms with Crippen molar-refractivity contribution in [3.8, 4) is 0 Å². The van der Waals surface area contributed by atoms with E-state index in [1.165, 1.54) is 6.54 Å². The number of quaternary nitrogens is 1. The summed E-state index contributed by atoms with van der Waals surface area (Å²) in [4.78, 5) is 0. The lowest BCUT2D eigenvalue weighted by atomic mass is 9.96. The van der Waals surface area contributed by atoms with Crippen molar-refractivity contribution in [3.63, 3.8) is 0 Å². The Morgan fingerprint density at radius 1 is 0.769 bits per heavy atom. The van der Waals surface area contributed by atoms with Crippen LogP contribution in [0.15, 0.2) is 0 Å². The Balaban J connectivity index is 0. The van der Waals surface area contributed by atoms with Crippen LogP contribution < -0.4 is 0 Å². The van der Waals surface area contributed by atoms with E-state index in [-0.39, 0.29) is 0 Å². The van der Waals surface area contributed by atoms with Gasteiger partial charge < -0.3 is 9.04 Å². The summed E-state index contributed by atoms with van der Waals surface area (Å²) < 4.78 is 136. The molecule has 0 radical (unpaired) electrons. The number of hydrogen-bond donors (Lipinski definition) is 0. The molecule has 160 valence electrons. The molecule has 0 N–H and O–H groups in total. The van der Waals surface area contributed by atoms with Gasteiger partial charge in [-0.05, 0) is 0 Å². The van der Waals surface area contributed by atoms with E-state index in [0.29, 0.717) is 5.41 Å². The average molecular weight is 429 g/mol. The zero-order valence-electron chi connectivity index (χ0n) is 14.7. The summed E-state index contributed by atoms with van der Waals surface area (Å²) in [6.45, 7) is 8.05. The highest BCUT2D eigenvalue weighted by Gasteiger charge is 2.83. The Kier molecular flexibility index (Phi) is 7.75. The van der Waals surface area contributed by atoms with E-state index >= 15 is 0 Å². The lowest BCUT2D eigenvalue weighted by molar-refractivity contribution is -0.876. The van der Waals surface area contributed by atoms with Crippen molar-refractivity contribution in [2.75, 3.05) is 27.7 Å². The van der Waals surface area contributed by atoms with E-state index in [1.54, 1.807) is 0 Å². The van der Waals surface area contributed by atoms with Crippen LogP contribution in [-0.4, -0.2) is 68.4 Å². The molecular formula is C12H20F9NO3S. The zero-order chi connectivity index (χ0) is 22.2. The summed E-state index contributed by atoms with van der Waals surface area (Å²) in [6.07, 6.45) is -7.16.